The Morgan fingerprint density at radius 1 is 1.52 bits per heavy atom. The molecule has 1 aliphatic rings. The maximum absolute atomic E-state index is 12.3. The molecule has 0 unspecified atom stereocenters. The van der Waals surface area contributed by atoms with Crippen LogP contribution in [0.4, 0.5) is 10.9 Å². The molecule has 0 aromatic carbocycles. The van der Waals surface area contributed by atoms with E-state index in [1.807, 2.05) is 11.9 Å². The van der Waals surface area contributed by atoms with Gasteiger partial charge >= 0.3 is 0 Å². The molecule has 1 aromatic rings. The van der Waals surface area contributed by atoms with E-state index >= 15 is 0 Å². The van der Waals surface area contributed by atoms with Crippen molar-refractivity contribution in [3.63, 3.8) is 0 Å². The van der Waals surface area contributed by atoms with Gasteiger partial charge in [-0.3, -0.25) is 9.00 Å². The molecule has 1 saturated heterocycles. The first-order chi connectivity index (χ1) is 10.0. The Hall–Kier alpha value is -1.15. The summed E-state index contributed by atoms with van der Waals surface area (Å²) in [5, 5.41) is 3.75. The normalized spacial score (nSPS) is 22.0. The van der Waals surface area contributed by atoms with Gasteiger partial charge in [0.25, 0.3) is 5.91 Å². The number of rotatable bonds is 5. The first kappa shape index (κ1) is 16.2. The highest BCUT2D eigenvalue weighted by Gasteiger charge is 2.23. The summed E-state index contributed by atoms with van der Waals surface area (Å²) in [4.78, 5) is 19.0. The van der Waals surface area contributed by atoms with Crippen molar-refractivity contribution >= 4 is 39.0 Å². The van der Waals surface area contributed by atoms with Crippen molar-refractivity contribution in [2.45, 2.75) is 32.2 Å². The number of thiazole rings is 1. The molecule has 0 spiro atoms. The van der Waals surface area contributed by atoms with Gasteiger partial charge in [0.05, 0.1) is 0 Å². The highest BCUT2D eigenvalue weighted by atomic mass is 32.2. The third-order valence-electron chi connectivity index (χ3n) is 3.46. The fraction of sp³-hybridized carbons (Fsp3) is 0.692. The smallest absolute Gasteiger partial charge is 0.265 e. The van der Waals surface area contributed by atoms with E-state index in [4.69, 9.17) is 5.73 Å². The first-order valence-corrected chi connectivity index (χ1v) is 9.45. The van der Waals surface area contributed by atoms with E-state index in [-0.39, 0.29) is 17.8 Å². The molecular weight excluding hydrogens is 308 g/mol. The molecule has 0 saturated carbocycles. The van der Waals surface area contributed by atoms with Crippen molar-refractivity contribution < 1.29 is 9.00 Å². The summed E-state index contributed by atoms with van der Waals surface area (Å²) >= 11 is 1.32. The Bertz CT molecular complexity index is 522. The second-order valence-corrected chi connectivity index (χ2v) is 7.90. The molecule has 1 fully saturated rings. The second kappa shape index (κ2) is 7.22. The average molecular weight is 330 g/mol. The molecule has 1 aliphatic heterocycles. The standard InChI is InChI=1S/C13H22N4O2S2/c1-3-6-17(2)13-16-11(14)10(20-13)12(18)15-9-4-7-21(19)8-5-9/h9H,3-8,14H2,1-2H3,(H,15,18). The number of aromatic nitrogens is 1. The van der Waals surface area contributed by atoms with Crippen molar-refractivity contribution in [2.75, 3.05) is 35.7 Å². The molecule has 118 valence electrons. The van der Waals surface area contributed by atoms with E-state index in [2.05, 4.69) is 17.2 Å². The zero-order valence-corrected chi connectivity index (χ0v) is 14.1. The Morgan fingerprint density at radius 3 is 2.81 bits per heavy atom. The first-order valence-electron chi connectivity index (χ1n) is 7.14. The van der Waals surface area contributed by atoms with Gasteiger partial charge in [0.1, 0.15) is 10.7 Å². The summed E-state index contributed by atoms with van der Waals surface area (Å²) in [7, 11) is 1.22. The van der Waals surface area contributed by atoms with E-state index in [1.165, 1.54) is 11.3 Å². The lowest BCUT2D eigenvalue weighted by Gasteiger charge is -2.22. The lowest BCUT2D eigenvalue weighted by atomic mass is 10.1. The van der Waals surface area contributed by atoms with Crippen LogP contribution in [0.3, 0.4) is 0 Å². The Balaban J connectivity index is 2.00. The molecule has 0 atom stereocenters. The Kier molecular flexibility index (Phi) is 5.58. The highest BCUT2D eigenvalue weighted by Crippen LogP contribution is 2.27. The quantitative estimate of drug-likeness (QED) is 0.847. The number of amides is 1. The van der Waals surface area contributed by atoms with Gasteiger partial charge in [-0.1, -0.05) is 18.3 Å². The average Bonchev–Trinajstić information content (AvgIpc) is 2.84. The van der Waals surface area contributed by atoms with Crippen LogP contribution in [0.2, 0.25) is 0 Å². The van der Waals surface area contributed by atoms with Gasteiger partial charge in [0.15, 0.2) is 5.13 Å². The lowest BCUT2D eigenvalue weighted by molar-refractivity contribution is 0.0939. The number of hydrogen-bond donors (Lipinski definition) is 2. The Labute approximate surface area is 131 Å². The van der Waals surface area contributed by atoms with Gasteiger partial charge in [-0.15, -0.1) is 0 Å². The molecule has 21 heavy (non-hydrogen) atoms. The van der Waals surface area contributed by atoms with Gasteiger partial charge in [-0.25, -0.2) is 4.98 Å². The molecule has 6 nitrogen and oxygen atoms in total. The van der Waals surface area contributed by atoms with E-state index in [0.717, 1.165) is 30.9 Å². The topological polar surface area (TPSA) is 88.3 Å². The number of nitrogens with two attached hydrogens (primary N) is 1. The number of anilines is 2. The maximum atomic E-state index is 12.3. The fourth-order valence-corrected chi connectivity index (χ4v) is 4.44. The van der Waals surface area contributed by atoms with Crippen LogP contribution < -0.4 is 16.0 Å². The van der Waals surface area contributed by atoms with Gasteiger partial charge in [0, 0.05) is 41.9 Å². The van der Waals surface area contributed by atoms with Gasteiger partial charge in [-0.05, 0) is 19.3 Å². The lowest BCUT2D eigenvalue weighted by Crippen LogP contribution is -2.39. The monoisotopic (exact) mass is 330 g/mol. The van der Waals surface area contributed by atoms with Crippen LogP contribution in [0.1, 0.15) is 35.9 Å². The zero-order chi connectivity index (χ0) is 15.4. The number of nitrogens with zero attached hydrogens (tertiary/aromatic N) is 2. The van der Waals surface area contributed by atoms with E-state index < -0.39 is 10.8 Å². The minimum absolute atomic E-state index is 0.0912. The van der Waals surface area contributed by atoms with Crippen LogP contribution in [-0.4, -0.2) is 46.2 Å². The van der Waals surface area contributed by atoms with E-state index in [0.29, 0.717) is 16.4 Å². The predicted octanol–water partition coefficient (Wildman–Crippen LogP) is 1.21. The molecule has 0 radical (unpaired) electrons. The zero-order valence-electron chi connectivity index (χ0n) is 12.4. The number of nitrogens with one attached hydrogen (secondary N) is 1. The number of carbonyl (C=O) groups is 1. The molecule has 2 heterocycles. The molecule has 3 N–H and O–H groups in total. The summed E-state index contributed by atoms with van der Waals surface area (Å²) < 4.78 is 11.3. The van der Waals surface area contributed by atoms with Gasteiger partial charge in [-0.2, -0.15) is 0 Å². The largest absolute Gasteiger partial charge is 0.382 e. The fourth-order valence-electron chi connectivity index (χ4n) is 2.27. The molecule has 0 aliphatic carbocycles. The second-order valence-electron chi connectivity index (χ2n) is 5.23. The van der Waals surface area contributed by atoms with Crippen molar-refractivity contribution in [2.24, 2.45) is 0 Å². The molecule has 2 rings (SSSR count). The highest BCUT2D eigenvalue weighted by molar-refractivity contribution is 7.85. The van der Waals surface area contributed by atoms with Gasteiger partial charge < -0.3 is 16.0 Å². The van der Waals surface area contributed by atoms with Crippen molar-refractivity contribution in [3.8, 4) is 0 Å². The summed E-state index contributed by atoms with van der Waals surface area (Å²) in [6.07, 6.45) is 2.54. The number of carbonyl (C=O) groups excluding carboxylic acids is 1. The maximum Gasteiger partial charge on any atom is 0.265 e. The van der Waals surface area contributed by atoms with Crippen LogP contribution in [0, 0.1) is 0 Å². The molecule has 1 amide bonds. The van der Waals surface area contributed by atoms with Crippen molar-refractivity contribution in [1.29, 1.82) is 0 Å². The number of nitrogen functional groups attached to an aromatic ring is 1. The van der Waals surface area contributed by atoms with E-state index in [9.17, 15) is 9.00 Å². The summed E-state index contributed by atoms with van der Waals surface area (Å²) in [6.45, 7) is 2.97. The summed E-state index contributed by atoms with van der Waals surface area (Å²) in [5.74, 6) is 1.44. The molecule has 8 heteroatoms. The van der Waals surface area contributed by atoms with Crippen LogP contribution in [-0.2, 0) is 10.8 Å². The van der Waals surface area contributed by atoms with Gasteiger partial charge in [0.2, 0.25) is 0 Å². The van der Waals surface area contributed by atoms with Crippen LogP contribution in [0.5, 0.6) is 0 Å². The van der Waals surface area contributed by atoms with Crippen molar-refractivity contribution in [1.82, 2.24) is 10.3 Å². The SMILES string of the molecule is CCCN(C)c1nc(N)c(C(=O)NC2CCS(=O)CC2)s1. The minimum Gasteiger partial charge on any atom is -0.382 e. The number of hydrogen-bond acceptors (Lipinski definition) is 6. The van der Waals surface area contributed by atoms with Crippen LogP contribution in [0.15, 0.2) is 0 Å². The molecule has 0 bridgehead atoms. The molecular formula is C13H22N4O2S2. The summed E-state index contributed by atoms with van der Waals surface area (Å²) in [6, 6.07) is 0.0912. The third kappa shape index (κ3) is 4.16. The Morgan fingerprint density at radius 2 is 2.19 bits per heavy atom. The third-order valence-corrected chi connectivity index (χ3v) is 6.02. The van der Waals surface area contributed by atoms with E-state index in [1.54, 1.807) is 0 Å². The predicted molar refractivity (Wildman–Crippen MR) is 88.5 cm³/mol. The van der Waals surface area contributed by atoms with Crippen LogP contribution in [0.25, 0.3) is 0 Å². The summed E-state index contributed by atoms with van der Waals surface area (Å²) in [5.41, 5.74) is 5.87. The minimum atomic E-state index is -0.721. The molecule has 1 aromatic heterocycles. The van der Waals surface area contributed by atoms with Crippen LogP contribution >= 0.6 is 11.3 Å². The van der Waals surface area contributed by atoms with Crippen molar-refractivity contribution in [3.05, 3.63) is 4.88 Å².